The van der Waals surface area contributed by atoms with Gasteiger partial charge in [-0.05, 0) is 24.0 Å². The van der Waals surface area contributed by atoms with Gasteiger partial charge in [-0.1, -0.05) is 24.3 Å². The third-order valence-corrected chi connectivity index (χ3v) is 5.68. The van der Waals surface area contributed by atoms with Gasteiger partial charge < -0.3 is 9.32 Å². The summed E-state index contributed by atoms with van der Waals surface area (Å²) in [7, 11) is 0. The zero-order valence-electron chi connectivity index (χ0n) is 16.1. The molecule has 2 aliphatic heterocycles. The summed E-state index contributed by atoms with van der Waals surface area (Å²) >= 11 is 0. The van der Waals surface area contributed by atoms with E-state index in [4.69, 9.17) is 4.42 Å². The lowest BCUT2D eigenvalue weighted by Gasteiger charge is -2.29. The molecule has 2 aliphatic rings. The number of likely N-dealkylation sites (tertiary alicyclic amines) is 1. The largest absolute Gasteiger partial charge is 0.419 e. The van der Waals surface area contributed by atoms with Gasteiger partial charge in [-0.2, -0.15) is 0 Å². The molecule has 0 saturated carbocycles. The lowest BCUT2D eigenvalue weighted by Crippen LogP contribution is -2.41. The van der Waals surface area contributed by atoms with Crippen LogP contribution in [0.15, 0.2) is 47.3 Å². The minimum atomic E-state index is 0.0685. The van der Waals surface area contributed by atoms with Crippen molar-refractivity contribution in [1.82, 2.24) is 30.0 Å². The monoisotopic (exact) mass is 390 g/mol. The summed E-state index contributed by atoms with van der Waals surface area (Å²) in [4.78, 5) is 25.2. The number of amides is 1. The second kappa shape index (κ2) is 7.71. The first-order chi connectivity index (χ1) is 14.3. The minimum absolute atomic E-state index is 0.0685. The summed E-state index contributed by atoms with van der Waals surface area (Å²) in [6.07, 6.45) is 6.62. The van der Waals surface area contributed by atoms with Gasteiger partial charge in [0.15, 0.2) is 0 Å². The summed E-state index contributed by atoms with van der Waals surface area (Å²) in [5.74, 6) is 1.16. The second-order valence-corrected chi connectivity index (χ2v) is 7.59. The van der Waals surface area contributed by atoms with E-state index in [9.17, 15) is 4.79 Å². The van der Waals surface area contributed by atoms with Crippen molar-refractivity contribution < 1.29 is 9.21 Å². The summed E-state index contributed by atoms with van der Waals surface area (Å²) < 4.78 is 5.80. The quantitative estimate of drug-likeness (QED) is 0.672. The first-order valence-electron chi connectivity index (χ1n) is 9.93. The molecule has 8 heteroatoms. The van der Waals surface area contributed by atoms with Crippen molar-refractivity contribution in [2.45, 2.75) is 25.3 Å². The number of benzene rings is 1. The number of carbonyl (C=O) groups is 1. The molecule has 1 amide bonds. The third kappa shape index (κ3) is 3.75. The highest BCUT2D eigenvalue weighted by Crippen LogP contribution is 2.28. The second-order valence-electron chi connectivity index (χ2n) is 7.59. The first kappa shape index (κ1) is 17.9. The zero-order valence-corrected chi connectivity index (χ0v) is 16.1. The average Bonchev–Trinajstić information content (AvgIpc) is 3.44. The summed E-state index contributed by atoms with van der Waals surface area (Å²) in [5.41, 5.74) is 3.28. The van der Waals surface area contributed by atoms with Gasteiger partial charge >= 0.3 is 0 Å². The molecule has 4 heterocycles. The molecule has 1 aromatic carbocycles. The molecule has 29 heavy (non-hydrogen) atoms. The topological polar surface area (TPSA) is 88.3 Å². The van der Waals surface area contributed by atoms with Crippen LogP contribution >= 0.6 is 0 Å². The molecule has 8 nitrogen and oxygen atoms in total. The average molecular weight is 390 g/mol. The molecule has 148 valence electrons. The van der Waals surface area contributed by atoms with Crippen LogP contribution in [0, 0.1) is 0 Å². The van der Waals surface area contributed by atoms with E-state index in [-0.39, 0.29) is 11.8 Å². The molecule has 1 saturated heterocycles. The van der Waals surface area contributed by atoms with E-state index < -0.39 is 0 Å². The number of rotatable bonds is 4. The summed E-state index contributed by atoms with van der Waals surface area (Å²) in [6.45, 7) is 3.55. The first-order valence-corrected chi connectivity index (χ1v) is 9.93. The Morgan fingerprint density at radius 3 is 2.90 bits per heavy atom. The third-order valence-electron chi connectivity index (χ3n) is 5.68. The van der Waals surface area contributed by atoms with E-state index in [1.54, 1.807) is 18.6 Å². The Bertz CT molecular complexity index is 1010. The fourth-order valence-corrected chi connectivity index (χ4v) is 4.08. The Kier molecular flexibility index (Phi) is 4.77. The van der Waals surface area contributed by atoms with Crippen molar-refractivity contribution in [3.63, 3.8) is 0 Å². The maximum absolute atomic E-state index is 12.8. The normalized spacial score (nSPS) is 19.3. The molecule has 0 N–H and O–H groups in total. The summed E-state index contributed by atoms with van der Waals surface area (Å²) in [6, 6.07) is 8.48. The van der Waals surface area contributed by atoms with Crippen LogP contribution < -0.4 is 0 Å². The highest BCUT2D eigenvalue weighted by atomic mass is 16.4. The van der Waals surface area contributed by atoms with Crippen LogP contribution in [-0.2, 0) is 17.8 Å². The van der Waals surface area contributed by atoms with Gasteiger partial charge in [-0.3, -0.25) is 14.7 Å². The molecule has 1 atom stereocenters. The lowest BCUT2D eigenvalue weighted by atomic mass is 10.00. The van der Waals surface area contributed by atoms with Crippen molar-refractivity contribution in [3.05, 3.63) is 59.9 Å². The van der Waals surface area contributed by atoms with Crippen molar-refractivity contribution in [1.29, 1.82) is 0 Å². The van der Waals surface area contributed by atoms with Gasteiger partial charge in [0.1, 0.15) is 5.69 Å². The van der Waals surface area contributed by atoms with E-state index in [1.165, 1.54) is 11.1 Å². The van der Waals surface area contributed by atoms with Crippen molar-refractivity contribution in [2.24, 2.45) is 0 Å². The Morgan fingerprint density at radius 2 is 2.03 bits per heavy atom. The Balaban J connectivity index is 1.19. The molecule has 0 spiro atoms. The van der Waals surface area contributed by atoms with Gasteiger partial charge in [-0.15, -0.1) is 10.2 Å². The number of carbonyl (C=O) groups excluding carboxylic acids is 1. The highest BCUT2D eigenvalue weighted by Gasteiger charge is 2.32. The fourth-order valence-electron chi connectivity index (χ4n) is 4.08. The van der Waals surface area contributed by atoms with Crippen LogP contribution in [0.5, 0.6) is 0 Å². The maximum atomic E-state index is 12.8. The molecule has 2 aromatic heterocycles. The molecular formula is C21H22N6O2. The lowest BCUT2D eigenvalue weighted by molar-refractivity contribution is -0.131. The van der Waals surface area contributed by atoms with E-state index in [2.05, 4.69) is 49.3 Å². The standard InChI is InChI=1S/C21H22N6O2/c28-19(14-26-9-5-15-3-1-2-4-16(15)12-26)27-10-6-17(13-27)20-24-25-21(29-20)18-11-22-7-8-23-18/h1-4,7-8,11,17H,5-6,9-10,12-14H2/t17-/m0/s1. The van der Waals surface area contributed by atoms with Crippen LogP contribution in [0.25, 0.3) is 11.6 Å². The Morgan fingerprint density at radius 1 is 1.14 bits per heavy atom. The Hall–Kier alpha value is -3.13. The molecule has 0 unspecified atom stereocenters. The van der Waals surface area contributed by atoms with E-state index in [0.717, 1.165) is 32.5 Å². The number of hydrogen-bond donors (Lipinski definition) is 0. The van der Waals surface area contributed by atoms with Gasteiger partial charge in [0.2, 0.25) is 11.8 Å². The van der Waals surface area contributed by atoms with E-state index >= 15 is 0 Å². The zero-order chi connectivity index (χ0) is 19.6. The predicted octanol–water partition coefficient (Wildman–Crippen LogP) is 1.90. The van der Waals surface area contributed by atoms with E-state index in [0.29, 0.717) is 30.6 Å². The molecule has 5 rings (SSSR count). The van der Waals surface area contributed by atoms with Crippen LogP contribution in [0.2, 0.25) is 0 Å². The maximum Gasteiger partial charge on any atom is 0.267 e. The van der Waals surface area contributed by atoms with Crippen molar-refractivity contribution >= 4 is 5.91 Å². The SMILES string of the molecule is O=C(CN1CCc2ccccc2C1)N1CC[C@H](c2nnc(-c3cnccn3)o2)C1. The highest BCUT2D eigenvalue weighted by molar-refractivity contribution is 5.78. The molecule has 0 bridgehead atoms. The molecule has 1 fully saturated rings. The van der Waals surface area contributed by atoms with Gasteiger partial charge in [0.25, 0.3) is 5.89 Å². The molecule has 0 radical (unpaired) electrons. The number of nitrogens with zero attached hydrogens (tertiary/aromatic N) is 6. The summed E-state index contributed by atoms with van der Waals surface area (Å²) in [5, 5.41) is 8.26. The van der Waals surface area contributed by atoms with Gasteiger partial charge in [0.05, 0.1) is 18.7 Å². The van der Waals surface area contributed by atoms with Crippen LogP contribution in [-0.4, -0.2) is 62.1 Å². The van der Waals surface area contributed by atoms with Crippen LogP contribution in [0.1, 0.15) is 29.4 Å². The molecule has 0 aliphatic carbocycles. The molecular weight excluding hydrogens is 368 g/mol. The van der Waals surface area contributed by atoms with Gasteiger partial charge in [0, 0.05) is 38.6 Å². The fraction of sp³-hybridized carbons (Fsp3) is 0.381. The number of hydrogen-bond acceptors (Lipinski definition) is 7. The predicted molar refractivity (Wildman–Crippen MR) is 105 cm³/mol. The van der Waals surface area contributed by atoms with Crippen molar-refractivity contribution in [2.75, 3.05) is 26.2 Å². The minimum Gasteiger partial charge on any atom is -0.419 e. The number of aromatic nitrogens is 4. The Labute approximate surface area is 168 Å². The smallest absolute Gasteiger partial charge is 0.267 e. The van der Waals surface area contributed by atoms with Crippen LogP contribution in [0.3, 0.4) is 0 Å². The number of fused-ring (bicyclic) bond motifs is 1. The van der Waals surface area contributed by atoms with Gasteiger partial charge in [-0.25, -0.2) is 4.98 Å². The molecule has 3 aromatic rings. The van der Waals surface area contributed by atoms with Crippen LogP contribution in [0.4, 0.5) is 0 Å². The van der Waals surface area contributed by atoms with E-state index in [1.807, 2.05) is 4.90 Å². The van der Waals surface area contributed by atoms with Crippen molar-refractivity contribution in [3.8, 4) is 11.6 Å².